The summed E-state index contributed by atoms with van der Waals surface area (Å²) >= 11 is 0. The maximum absolute atomic E-state index is 14.1. The Labute approximate surface area is 243 Å². The van der Waals surface area contributed by atoms with Crippen molar-refractivity contribution in [3.05, 3.63) is 81.9 Å². The highest BCUT2D eigenvalue weighted by molar-refractivity contribution is 7.91. The lowest BCUT2D eigenvalue weighted by molar-refractivity contribution is -0.138. The molecule has 13 heteroatoms. The maximum atomic E-state index is 14.1. The van der Waals surface area contributed by atoms with Crippen LogP contribution < -0.4 is 5.32 Å². The van der Waals surface area contributed by atoms with Gasteiger partial charge in [0, 0.05) is 17.7 Å². The lowest BCUT2D eigenvalue weighted by Crippen LogP contribution is -2.31. The van der Waals surface area contributed by atoms with Gasteiger partial charge in [0.25, 0.3) is 5.91 Å². The minimum atomic E-state index is -4.70. The minimum absolute atomic E-state index is 0.0167. The molecular weight excluding hydrogens is 573 g/mol. The van der Waals surface area contributed by atoms with Crippen molar-refractivity contribution in [1.82, 2.24) is 14.9 Å². The zero-order chi connectivity index (χ0) is 31.6. The summed E-state index contributed by atoms with van der Waals surface area (Å²) in [6, 6.07) is 8.57. The van der Waals surface area contributed by atoms with E-state index in [0.717, 1.165) is 6.07 Å². The van der Waals surface area contributed by atoms with Gasteiger partial charge in [-0.05, 0) is 48.7 Å². The van der Waals surface area contributed by atoms with E-state index >= 15 is 0 Å². The number of hydrogen-bond donors (Lipinski definition) is 3. The Hall–Kier alpha value is -3.71. The van der Waals surface area contributed by atoms with Gasteiger partial charge >= 0.3 is 6.18 Å². The number of aliphatic hydroxyl groups excluding tert-OH is 1. The fourth-order valence-corrected chi connectivity index (χ4v) is 5.37. The number of sulfone groups is 1. The van der Waals surface area contributed by atoms with Gasteiger partial charge in [0.1, 0.15) is 11.5 Å². The van der Waals surface area contributed by atoms with Crippen LogP contribution in [0.3, 0.4) is 0 Å². The number of halogens is 3. The lowest BCUT2D eigenvalue weighted by atomic mass is 9.95. The van der Waals surface area contributed by atoms with Crippen LogP contribution >= 0.6 is 0 Å². The molecule has 9 nitrogen and oxygen atoms in total. The average Bonchev–Trinajstić information content (AvgIpc) is 3.27. The molecule has 1 atom stereocenters. The highest BCUT2D eigenvalue weighted by Gasteiger charge is 2.35. The Kier molecular flexibility index (Phi) is 9.57. The van der Waals surface area contributed by atoms with Crippen molar-refractivity contribution in [3.63, 3.8) is 0 Å². The Morgan fingerprint density at radius 3 is 2.24 bits per heavy atom. The number of nitrogens with one attached hydrogen (secondary N) is 1. The second-order valence-corrected chi connectivity index (χ2v) is 13.2. The fraction of sp³-hybridized carbons (Fsp3) is 0.414. The summed E-state index contributed by atoms with van der Waals surface area (Å²) in [6.45, 7) is 9.24. The molecule has 0 aliphatic rings. The Morgan fingerprint density at radius 2 is 1.74 bits per heavy atom. The van der Waals surface area contributed by atoms with Crippen LogP contribution in [0.25, 0.3) is 0 Å². The molecule has 1 amide bonds. The SMILES string of the molecule is CCS(=O)(=O)c1ccc([C@H](CO)NC(=O)c2nc(C(C)(C)C)n(Cc3ccc(/C(C)=N\O)cc3C(F)(F)F)c2C)cc1. The van der Waals surface area contributed by atoms with Crippen molar-refractivity contribution in [3.8, 4) is 0 Å². The third kappa shape index (κ3) is 7.01. The number of amides is 1. The van der Waals surface area contributed by atoms with Crippen LogP contribution in [-0.4, -0.2) is 52.3 Å². The molecule has 2 aromatic carbocycles. The van der Waals surface area contributed by atoms with Crippen LogP contribution in [0, 0.1) is 6.92 Å². The number of aromatic nitrogens is 2. The molecular formula is C29H35F3N4O5S. The van der Waals surface area contributed by atoms with E-state index in [1.165, 1.54) is 50.2 Å². The van der Waals surface area contributed by atoms with Crippen molar-refractivity contribution in [1.29, 1.82) is 0 Å². The molecule has 0 spiro atoms. The first-order chi connectivity index (χ1) is 19.4. The van der Waals surface area contributed by atoms with Crippen LogP contribution in [0.2, 0.25) is 0 Å². The summed E-state index contributed by atoms with van der Waals surface area (Å²) in [5, 5.41) is 24.7. The number of aliphatic hydroxyl groups is 1. The predicted octanol–water partition coefficient (Wildman–Crippen LogP) is 5.01. The number of nitrogens with zero attached hydrogens (tertiary/aromatic N) is 3. The number of hydrogen-bond acceptors (Lipinski definition) is 7. The van der Waals surface area contributed by atoms with Crippen LogP contribution in [0.15, 0.2) is 52.5 Å². The topological polar surface area (TPSA) is 134 Å². The number of rotatable bonds is 9. The molecule has 0 aliphatic carbocycles. The van der Waals surface area contributed by atoms with Crippen molar-refractivity contribution < 1.29 is 36.7 Å². The van der Waals surface area contributed by atoms with Crippen LogP contribution in [0.4, 0.5) is 13.2 Å². The van der Waals surface area contributed by atoms with E-state index in [1.807, 2.05) is 20.8 Å². The molecule has 0 unspecified atom stereocenters. The highest BCUT2D eigenvalue weighted by Crippen LogP contribution is 2.35. The summed E-state index contributed by atoms with van der Waals surface area (Å²) < 4.78 is 68.0. The first kappa shape index (κ1) is 32.8. The van der Waals surface area contributed by atoms with Crippen LogP contribution in [0.5, 0.6) is 0 Å². The van der Waals surface area contributed by atoms with Crippen molar-refractivity contribution in [2.24, 2.45) is 5.16 Å². The Balaban J connectivity index is 2.01. The van der Waals surface area contributed by atoms with Gasteiger partial charge in [0.2, 0.25) is 0 Å². The normalized spacial score (nSPS) is 13.7. The molecule has 3 aromatic rings. The minimum Gasteiger partial charge on any atom is -0.411 e. The molecule has 1 aromatic heterocycles. The van der Waals surface area contributed by atoms with E-state index in [4.69, 9.17) is 5.21 Å². The van der Waals surface area contributed by atoms with Gasteiger partial charge in [0.15, 0.2) is 9.84 Å². The molecule has 0 bridgehead atoms. The van der Waals surface area contributed by atoms with E-state index in [1.54, 1.807) is 11.5 Å². The van der Waals surface area contributed by atoms with E-state index < -0.39 is 45.5 Å². The van der Waals surface area contributed by atoms with E-state index in [0.29, 0.717) is 17.1 Å². The molecule has 3 rings (SSSR count). The summed E-state index contributed by atoms with van der Waals surface area (Å²) in [6.07, 6.45) is -4.70. The van der Waals surface area contributed by atoms with Gasteiger partial charge in [-0.15, -0.1) is 0 Å². The van der Waals surface area contributed by atoms with Crippen LogP contribution in [0.1, 0.15) is 84.9 Å². The average molecular weight is 609 g/mol. The molecule has 0 aliphatic heterocycles. The van der Waals surface area contributed by atoms with Gasteiger partial charge in [-0.3, -0.25) is 4.79 Å². The molecule has 228 valence electrons. The number of alkyl halides is 3. The number of oxime groups is 1. The van der Waals surface area contributed by atoms with Gasteiger partial charge in [-0.1, -0.05) is 57.1 Å². The Morgan fingerprint density at radius 1 is 1.12 bits per heavy atom. The smallest absolute Gasteiger partial charge is 0.411 e. The molecule has 0 saturated carbocycles. The largest absolute Gasteiger partial charge is 0.416 e. The van der Waals surface area contributed by atoms with Gasteiger partial charge in [-0.25, -0.2) is 13.4 Å². The monoisotopic (exact) mass is 608 g/mol. The number of carbonyl (C=O) groups excluding carboxylic acids is 1. The van der Waals surface area contributed by atoms with Gasteiger partial charge in [-0.2, -0.15) is 13.2 Å². The standard InChI is InChI=1S/C29H35F3N4O5S/c1-7-42(40,41)22-12-10-19(11-13-22)24(16-37)33-26(38)25-18(3)36(27(34-25)28(4,5)6)15-21-9-8-20(17(2)35-39)14-23(21)29(30,31)32/h8-14,24,37,39H,7,15-16H2,1-6H3,(H,33,38)/b35-17-/t24-/m0/s1. The maximum Gasteiger partial charge on any atom is 0.416 e. The van der Waals surface area contributed by atoms with E-state index in [-0.39, 0.29) is 39.7 Å². The quantitative estimate of drug-likeness (QED) is 0.178. The zero-order valence-corrected chi connectivity index (χ0v) is 25.1. The van der Waals surface area contributed by atoms with Gasteiger partial charge in [0.05, 0.1) is 34.6 Å². The molecule has 3 N–H and O–H groups in total. The number of carbonyl (C=O) groups is 1. The number of imidazole rings is 1. The summed E-state index contributed by atoms with van der Waals surface area (Å²) in [5.41, 5.74) is -0.714. The first-order valence-electron chi connectivity index (χ1n) is 13.2. The third-order valence-corrected chi connectivity index (χ3v) is 8.68. The summed E-state index contributed by atoms with van der Waals surface area (Å²) in [4.78, 5) is 18.0. The second-order valence-electron chi connectivity index (χ2n) is 10.9. The highest BCUT2D eigenvalue weighted by atomic mass is 32.2. The van der Waals surface area contributed by atoms with Crippen molar-refractivity contribution >= 4 is 21.5 Å². The molecule has 0 saturated heterocycles. The third-order valence-electron chi connectivity index (χ3n) is 6.93. The molecule has 0 radical (unpaired) electrons. The first-order valence-corrected chi connectivity index (χ1v) is 14.8. The summed E-state index contributed by atoms with van der Waals surface area (Å²) in [7, 11) is -3.43. The van der Waals surface area contributed by atoms with Crippen molar-refractivity contribution in [2.75, 3.05) is 12.4 Å². The van der Waals surface area contributed by atoms with E-state index in [9.17, 15) is 31.5 Å². The molecule has 0 fully saturated rings. The predicted molar refractivity (Wildman–Crippen MR) is 152 cm³/mol. The Bertz CT molecular complexity index is 1590. The molecule has 42 heavy (non-hydrogen) atoms. The lowest BCUT2D eigenvalue weighted by Gasteiger charge is -2.22. The van der Waals surface area contributed by atoms with E-state index in [2.05, 4.69) is 15.5 Å². The van der Waals surface area contributed by atoms with Crippen molar-refractivity contribution in [2.45, 2.75) is 70.6 Å². The molecule has 1 heterocycles. The second kappa shape index (κ2) is 12.3. The fourth-order valence-electron chi connectivity index (χ4n) is 4.48. The van der Waals surface area contributed by atoms with Gasteiger partial charge < -0.3 is 20.2 Å². The zero-order valence-electron chi connectivity index (χ0n) is 24.2. The van der Waals surface area contributed by atoms with Crippen LogP contribution in [-0.2, 0) is 28.0 Å². The summed E-state index contributed by atoms with van der Waals surface area (Å²) in [5.74, 6) is -0.345. The number of benzene rings is 2.